The van der Waals surface area contributed by atoms with Crippen LogP contribution in [0.25, 0.3) is 0 Å². The summed E-state index contributed by atoms with van der Waals surface area (Å²) in [6, 6.07) is 11.1. The van der Waals surface area contributed by atoms with Crippen molar-refractivity contribution in [3.8, 4) is 11.8 Å². The number of hydrogen-bond donors (Lipinski definition) is 3. The smallest absolute Gasteiger partial charge is 0.255 e. The van der Waals surface area contributed by atoms with E-state index in [-0.39, 0.29) is 5.91 Å². The lowest BCUT2D eigenvalue weighted by Crippen LogP contribution is -2.43. The molecular weight excluding hydrogens is 576 g/mol. The molecule has 2 aromatic carbocycles. The van der Waals surface area contributed by atoms with E-state index in [0.29, 0.717) is 40.0 Å². The van der Waals surface area contributed by atoms with Gasteiger partial charge in [-0.1, -0.05) is 35.6 Å². The van der Waals surface area contributed by atoms with Crippen LogP contribution in [0, 0.1) is 18.8 Å². The predicted molar refractivity (Wildman–Crippen MR) is 173 cm³/mol. The lowest BCUT2D eigenvalue weighted by molar-refractivity contribution is 0.0577. The molecule has 0 saturated carbocycles. The van der Waals surface area contributed by atoms with Crippen LogP contribution in [0.2, 0.25) is 5.02 Å². The number of carbonyl (C=O) groups is 1. The van der Waals surface area contributed by atoms with E-state index in [2.05, 4.69) is 54.4 Å². The average molecular weight is 613 g/mol. The molecule has 0 aliphatic carbocycles. The number of nitrogens with zero attached hydrogens (tertiary/aromatic N) is 6. The standard InChI is InChI=1S/C33H37ClN8O2/c1-23-5-7-26(31(43)38-28-10-9-27(30(34)16-28)20-41-13-11-40(4)12-14-41)15-25(23)8-6-24-17-35-32(36-18-24)39-29-19-37-42(21-29)22-33(2,3)44/h5,7,9-10,15-19,21,44H,11-14,20,22H2,1-4H3,(H,38,43)(H,35,36,39). The summed E-state index contributed by atoms with van der Waals surface area (Å²) >= 11 is 6.59. The highest BCUT2D eigenvalue weighted by Crippen LogP contribution is 2.24. The third-order valence-corrected chi connectivity index (χ3v) is 7.58. The van der Waals surface area contributed by atoms with Crippen molar-refractivity contribution in [1.82, 2.24) is 29.5 Å². The summed E-state index contributed by atoms with van der Waals surface area (Å²) in [5.41, 5.74) is 4.36. The van der Waals surface area contributed by atoms with E-state index in [1.165, 1.54) is 0 Å². The predicted octanol–water partition coefficient (Wildman–Crippen LogP) is 4.55. The van der Waals surface area contributed by atoms with Gasteiger partial charge in [-0.2, -0.15) is 5.10 Å². The van der Waals surface area contributed by atoms with Gasteiger partial charge in [0.25, 0.3) is 5.91 Å². The number of rotatable bonds is 8. The lowest BCUT2D eigenvalue weighted by Gasteiger charge is -2.32. The molecule has 0 unspecified atom stereocenters. The highest BCUT2D eigenvalue weighted by Gasteiger charge is 2.16. The molecule has 0 bridgehead atoms. The molecule has 0 atom stereocenters. The van der Waals surface area contributed by atoms with Gasteiger partial charge in [-0.25, -0.2) is 9.97 Å². The second kappa shape index (κ2) is 13.6. The molecule has 10 nitrogen and oxygen atoms in total. The fourth-order valence-corrected chi connectivity index (χ4v) is 4.98. The summed E-state index contributed by atoms with van der Waals surface area (Å²) in [4.78, 5) is 26.5. The van der Waals surface area contributed by atoms with Crippen LogP contribution in [-0.2, 0) is 13.1 Å². The quantitative estimate of drug-likeness (QED) is 0.249. The molecule has 1 aliphatic heterocycles. The van der Waals surface area contributed by atoms with Crippen molar-refractivity contribution >= 4 is 34.8 Å². The number of aryl methyl sites for hydroxylation is 1. The number of halogens is 1. The summed E-state index contributed by atoms with van der Waals surface area (Å²) in [5, 5.41) is 20.9. The van der Waals surface area contributed by atoms with Crippen molar-refractivity contribution in [2.75, 3.05) is 43.9 Å². The molecule has 1 aliphatic rings. The first-order valence-electron chi connectivity index (χ1n) is 14.5. The van der Waals surface area contributed by atoms with Crippen LogP contribution < -0.4 is 10.6 Å². The van der Waals surface area contributed by atoms with Gasteiger partial charge in [0, 0.05) is 73.2 Å². The van der Waals surface area contributed by atoms with Gasteiger partial charge in [0.05, 0.1) is 29.6 Å². The van der Waals surface area contributed by atoms with Gasteiger partial charge in [0.1, 0.15) is 0 Å². The van der Waals surface area contributed by atoms with Crippen LogP contribution in [-0.4, -0.2) is 79.4 Å². The Morgan fingerprint density at radius 2 is 1.77 bits per heavy atom. The molecule has 3 N–H and O–H groups in total. The van der Waals surface area contributed by atoms with Gasteiger partial charge in [-0.15, -0.1) is 0 Å². The number of likely N-dealkylation sites (N-methyl/N-ethyl adjacent to an activating group) is 1. The molecule has 0 radical (unpaired) electrons. The lowest BCUT2D eigenvalue weighted by atomic mass is 10.0. The SMILES string of the molecule is Cc1ccc(C(=O)Nc2ccc(CN3CCN(C)CC3)c(Cl)c2)cc1C#Cc1cnc(Nc2cnn(CC(C)(C)O)c2)nc1. The molecular formula is C33H37ClN8O2. The van der Waals surface area contributed by atoms with Crippen molar-refractivity contribution in [3.63, 3.8) is 0 Å². The van der Waals surface area contributed by atoms with Crippen LogP contribution in [0.3, 0.4) is 0 Å². The maximum atomic E-state index is 13.1. The van der Waals surface area contributed by atoms with Crippen LogP contribution in [0.1, 0.15) is 46.5 Å². The first-order valence-corrected chi connectivity index (χ1v) is 14.9. The van der Waals surface area contributed by atoms with Gasteiger partial charge in [0.15, 0.2) is 0 Å². The third-order valence-electron chi connectivity index (χ3n) is 7.23. The van der Waals surface area contributed by atoms with Crippen LogP contribution in [0.5, 0.6) is 0 Å². The van der Waals surface area contributed by atoms with E-state index in [4.69, 9.17) is 11.6 Å². The first kappa shape index (κ1) is 31.2. The number of amides is 1. The van der Waals surface area contributed by atoms with E-state index in [9.17, 15) is 9.90 Å². The Morgan fingerprint density at radius 1 is 1.02 bits per heavy atom. The summed E-state index contributed by atoms with van der Waals surface area (Å²) in [5.74, 6) is 6.40. The van der Waals surface area contributed by atoms with Crippen LogP contribution in [0.15, 0.2) is 61.2 Å². The Hall–Kier alpha value is -4.27. The van der Waals surface area contributed by atoms with Crippen LogP contribution in [0.4, 0.5) is 17.3 Å². The second-order valence-corrected chi connectivity index (χ2v) is 12.2. The minimum Gasteiger partial charge on any atom is -0.389 e. The summed E-state index contributed by atoms with van der Waals surface area (Å²) in [7, 11) is 2.14. The molecule has 0 spiro atoms. The number of nitrogens with one attached hydrogen (secondary N) is 2. The van der Waals surface area contributed by atoms with E-state index in [1.807, 2.05) is 25.1 Å². The molecule has 5 rings (SSSR count). The number of anilines is 3. The Balaban J connectivity index is 1.20. The zero-order valence-corrected chi connectivity index (χ0v) is 26.2. The van der Waals surface area contributed by atoms with Crippen LogP contribution >= 0.6 is 11.6 Å². The number of piperazine rings is 1. The van der Waals surface area contributed by atoms with Crippen molar-refractivity contribution in [3.05, 3.63) is 94.0 Å². The maximum absolute atomic E-state index is 13.1. The Labute approximate surface area is 263 Å². The zero-order chi connectivity index (χ0) is 31.3. The molecule has 1 fully saturated rings. The number of aliphatic hydroxyl groups is 1. The Morgan fingerprint density at radius 3 is 2.48 bits per heavy atom. The molecule has 4 aromatic rings. The highest BCUT2D eigenvalue weighted by atomic mass is 35.5. The molecule has 1 saturated heterocycles. The maximum Gasteiger partial charge on any atom is 0.255 e. The zero-order valence-electron chi connectivity index (χ0n) is 25.4. The molecule has 1 amide bonds. The van der Waals surface area contributed by atoms with Gasteiger partial charge in [-0.3, -0.25) is 14.4 Å². The fraction of sp³-hybridized carbons (Fsp3) is 0.333. The number of aromatic nitrogens is 4. The number of carbonyl (C=O) groups excluding carboxylic acids is 1. The summed E-state index contributed by atoms with van der Waals surface area (Å²) < 4.78 is 1.65. The fourth-order valence-electron chi connectivity index (χ4n) is 4.74. The molecule has 228 valence electrons. The number of hydrogen-bond acceptors (Lipinski definition) is 8. The van der Waals surface area contributed by atoms with Gasteiger partial charge in [-0.05, 0) is 63.2 Å². The summed E-state index contributed by atoms with van der Waals surface area (Å²) in [6.45, 7) is 10.7. The van der Waals surface area contributed by atoms with Gasteiger partial charge < -0.3 is 20.6 Å². The van der Waals surface area contributed by atoms with E-state index in [0.717, 1.165) is 49.4 Å². The first-order chi connectivity index (χ1) is 21.0. The normalized spacial score (nSPS) is 14.1. The molecule has 2 aromatic heterocycles. The molecule has 3 heterocycles. The van der Waals surface area contributed by atoms with Crippen molar-refractivity contribution in [2.45, 2.75) is 39.5 Å². The minimum atomic E-state index is -0.868. The Kier molecular flexibility index (Phi) is 9.61. The van der Waals surface area contributed by atoms with Crippen molar-refractivity contribution in [2.24, 2.45) is 0 Å². The summed E-state index contributed by atoms with van der Waals surface area (Å²) in [6.07, 6.45) is 6.69. The topological polar surface area (TPSA) is 111 Å². The number of benzene rings is 2. The second-order valence-electron chi connectivity index (χ2n) is 11.8. The monoisotopic (exact) mass is 612 g/mol. The van der Waals surface area contributed by atoms with E-state index >= 15 is 0 Å². The van der Waals surface area contributed by atoms with Crippen molar-refractivity contribution in [1.29, 1.82) is 0 Å². The van der Waals surface area contributed by atoms with Crippen molar-refractivity contribution < 1.29 is 9.90 Å². The largest absolute Gasteiger partial charge is 0.389 e. The third kappa shape index (κ3) is 8.65. The minimum absolute atomic E-state index is 0.236. The molecule has 11 heteroatoms. The highest BCUT2D eigenvalue weighted by molar-refractivity contribution is 6.31. The average Bonchev–Trinajstić information content (AvgIpc) is 3.40. The van der Waals surface area contributed by atoms with Gasteiger partial charge in [0.2, 0.25) is 5.95 Å². The van der Waals surface area contributed by atoms with E-state index in [1.54, 1.807) is 61.5 Å². The van der Waals surface area contributed by atoms with E-state index < -0.39 is 5.60 Å². The molecule has 44 heavy (non-hydrogen) atoms. The van der Waals surface area contributed by atoms with Gasteiger partial charge >= 0.3 is 0 Å². The Bertz CT molecular complexity index is 1680.